The Kier molecular flexibility index (Phi) is 7.11. The number of rotatable bonds is 6. The summed E-state index contributed by atoms with van der Waals surface area (Å²) in [5.74, 6) is -10.0. The topological polar surface area (TPSA) is 33.6 Å². The summed E-state index contributed by atoms with van der Waals surface area (Å²) < 4.78 is 112. The molecule has 3 aromatic carbocycles. The quantitative estimate of drug-likeness (QED) is 0.172. The average molecular weight is 495 g/mol. The number of benzene rings is 3. The van der Waals surface area contributed by atoms with Crippen LogP contribution in [-0.2, 0) is 12.8 Å². The van der Waals surface area contributed by atoms with Gasteiger partial charge in [-0.2, -0.15) is 18.3 Å². The molecular formula is C21H11ClF8N2O. The van der Waals surface area contributed by atoms with E-state index in [2.05, 4.69) is 5.10 Å². The van der Waals surface area contributed by atoms with Crippen LogP contribution in [0.5, 0.6) is 5.75 Å². The van der Waals surface area contributed by atoms with E-state index in [0.717, 1.165) is 6.21 Å². The zero-order chi connectivity index (χ0) is 24.3. The molecule has 0 aliphatic rings. The van der Waals surface area contributed by atoms with Gasteiger partial charge in [0, 0.05) is 5.56 Å². The van der Waals surface area contributed by atoms with Gasteiger partial charge in [-0.1, -0.05) is 17.7 Å². The second-order valence-electron chi connectivity index (χ2n) is 6.43. The van der Waals surface area contributed by atoms with Crippen molar-refractivity contribution in [3.63, 3.8) is 0 Å². The molecule has 0 fully saturated rings. The molecule has 0 bridgehead atoms. The first kappa shape index (κ1) is 24.3. The van der Waals surface area contributed by atoms with E-state index in [-0.39, 0.29) is 17.2 Å². The molecule has 1 N–H and O–H groups in total. The number of hydrogen-bond acceptors (Lipinski definition) is 3. The highest BCUT2D eigenvalue weighted by atomic mass is 35.5. The van der Waals surface area contributed by atoms with E-state index in [0.29, 0.717) is 11.3 Å². The number of nitrogens with zero attached hydrogens (tertiary/aromatic N) is 1. The Morgan fingerprint density at radius 3 is 2.03 bits per heavy atom. The molecule has 0 saturated heterocycles. The second kappa shape index (κ2) is 9.65. The number of ether oxygens (including phenoxy) is 1. The lowest BCUT2D eigenvalue weighted by Crippen LogP contribution is -2.16. The van der Waals surface area contributed by atoms with Crippen LogP contribution >= 0.6 is 11.6 Å². The zero-order valence-electron chi connectivity index (χ0n) is 16.1. The monoisotopic (exact) mass is 494 g/mol. The molecule has 0 aliphatic heterocycles. The van der Waals surface area contributed by atoms with Crippen molar-refractivity contribution in [1.29, 1.82) is 0 Å². The van der Waals surface area contributed by atoms with E-state index in [9.17, 15) is 35.1 Å². The Balaban J connectivity index is 1.70. The van der Waals surface area contributed by atoms with Crippen LogP contribution in [0.25, 0.3) is 0 Å². The van der Waals surface area contributed by atoms with Gasteiger partial charge in [0.1, 0.15) is 29.4 Å². The number of alkyl halides is 3. The molecule has 0 aromatic heterocycles. The number of anilines is 1. The van der Waals surface area contributed by atoms with Crippen molar-refractivity contribution in [2.24, 2.45) is 5.10 Å². The van der Waals surface area contributed by atoms with Crippen molar-refractivity contribution < 1.29 is 39.9 Å². The Labute approximate surface area is 186 Å². The van der Waals surface area contributed by atoms with Crippen molar-refractivity contribution in [1.82, 2.24) is 0 Å². The fraction of sp³-hybridized carbons (Fsp3) is 0.0952. The van der Waals surface area contributed by atoms with Gasteiger partial charge in [-0.05, 0) is 42.0 Å². The molecular weight excluding hydrogens is 484 g/mol. The first-order chi connectivity index (χ1) is 15.5. The molecule has 0 spiro atoms. The Morgan fingerprint density at radius 1 is 0.879 bits per heavy atom. The predicted octanol–water partition coefficient (Wildman–Crippen LogP) is 7.08. The van der Waals surface area contributed by atoms with Gasteiger partial charge in [0.2, 0.25) is 0 Å². The third kappa shape index (κ3) is 5.36. The van der Waals surface area contributed by atoms with Crippen LogP contribution in [0.3, 0.4) is 0 Å². The third-order valence-corrected chi connectivity index (χ3v) is 4.62. The van der Waals surface area contributed by atoms with Crippen LogP contribution in [0, 0.1) is 29.1 Å². The maximum atomic E-state index is 13.8. The highest BCUT2D eigenvalue weighted by Gasteiger charge is 2.42. The van der Waals surface area contributed by atoms with Gasteiger partial charge in [-0.3, -0.25) is 5.43 Å². The minimum absolute atomic E-state index is 0.147. The molecule has 0 unspecified atom stereocenters. The van der Waals surface area contributed by atoms with Gasteiger partial charge in [0.15, 0.2) is 23.3 Å². The minimum Gasteiger partial charge on any atom is -0.489 e. The molecule has 12 heteroatoms. The fourth-order valence-electron chi connectivity index (χ4n) is 2.63. The summed E-state index contributed by atoms with van der Waals surface area (Å²) in [5.41, 5.74) is -2.10. The number of hydrogen-bond donors (Lipinski definition) is 1. The van der Waals surface area contributed by atoms with E-state index < -0.39 is 46.5 Å². The maximum absolute atomic E-state index is 13.8. The summed E-state index contributed by atoms with van der Waals surface area (Å²) in [5, 5.41) is 3.56. The van der Waals surface area contributed by atoms with Gasteiger partial charge >= 0.3 is 6.18 Å². The molecule has 0 atom stereocenters. The zero-order valence-corrected chi connectivity index (χ0v) is 16.8. The smallest absolute Gasteiger partial charge is 0.422 e. The van der Waals surface area contributed by atoms with E-state index in [1.807, 2.05) is 0 Å². The normalized spacial score (nSPS) is 11.8. The highest BCUT2D eigenvalue weighted by Crippen LogP contribution is 2.38. The SMILES string of the molecule is Fc1cccc(Cl)c1COc1ccc(/C=N/Nc2c(F)c(F)c(C(F)(F)F)c(F)c2F)cc1. The van der Waals surface area contributed by atoms with Crippen LogP contribution in [0.15, 0.2) is 47.6 Å². The van der Waals surface area contributed by atoms with Crippen molar-refractivity contribution in [2.75, 3.05) is 5.43 Å². The molecule has 0 amide bonds. The number of nitrogens with one attached hydrogen (secondary N) is 1. The van der Waals surface area contributed by atoms with Crippen LogP contribution in [0.2, 0.25) is 5.02 Å². The standard InChI is InChI=1S/C21H11ClF8N2O/c22-13-2-1-3-14(23)12(13)9-33-11-6-4-10(5-7-11)8-31-32-20-18(26)16(24)15(21(28,29)30)17(25)19(20)27/h1-8,32H,9H2/b31-8+. The summed E-state index contributed by atoms with van der Waals surface area (Å²) in [7, 11) is 0. The van der Waals surface area contributed by atoms with Gasteiger partial charge in [-0.25, -0.2) is 22.0 Å². The highest BCUT2D eigenvalue weighted by molar-refractivity contribution is 6.31. The van der Waals surface area contributed by atoms with Crippen LogP contribution in [-0.4, -0.2) is 6.21 Å². The van der Waals surface area contributed by atoms with E-state index in [1.165, 1.54) is 42.5 Å². The summed E-state index contributed by atoms with van der Waals surface area (Å²) in [6.45, 7) is -0.163. The van der Waals surface area contributed by atoms with Gasteiger partial charge in [-0.15, -0.1) is 0 Å². The van der Waals surface area contributed by atoms with Gasteiger partial charge in [0.25, 0.3) is 0 Å². The molecule has 3 rings (SSSR count). The first-order valence-corrected chi connectivity index (χ1v) is 9.26. The summed E-state index contributed by atoms with van der Waals surface area (Å²) in [6, 6.07) is 9.87. The number of hydrazone groups is 1. The lowest BCUT2D eigenvalue weighted by atomic mass is 10.1. The lowest BCUT2D eigenvalue weighted by molar-refractivity contribution is -0.143. The van der Waals surface area contributed by atoms with Crippen molar-refractivity contribution in [2.45, 2.75) is 12.8 Å². The van der Waals surface area contributed by atoms with E-state index in [4.69, 9.17) is 16.3 Å². The summed E-state index contributed by atoms with van der Waals surface area (Å²) >= 11 is 5.90. The Hall–Kier alpha value is -3.34. The largest absolute Gasteiger partial charge is 0.489 e. The average Bonchev–Trinajstić information content (AvgIpc) is 2.74. The van der Waals surface area contributed by atoms with E-state index >= 15 is 0 Å². The Morgan fingerprint density at radius 2 is 1.48 bits per heavy atom. The third-order valence-electron chi connectivity index (χ3n) is 4.26. The molecule has 3 nitrogen and oxygen atoms in total. The fourth-order valence-corrected chi connectivity index (χ4v) is 2.84. The second-order valence-corrected chi connectivity index (χ2v) is 6.84. The molecule has 174 valence electrons. The van der Waals surface area contributed by atoms with E-state index in [1.54, 1.807) is 5.43 Å². The summed E-state index contributed by atoms with van der Waals surface area (Å²) in [6.07, 6.45) is -4.66. The first-order valence-electron chi connectivity index (χ1n) is 8.88. The molecule has 33 heavy (non-hydrogen) atoms. The van der Waals surface area contributed by atoms with Crippen molar-refractivity contribution in [3.8, 4) is 5.75 Å². The van der Waals surface area contributed by atoms with Crippen molar-refractivity contribution >= 4 is 23.5 Å². The van der Waals surface area contributed by atoms with Crippen LogP contribution < -0.4 is 10.2 Å². The molecule has 3 aromatic rings. The Bertz CT molecular complexity index is 1150. The lowest BCUT2D eigenvalue weighted by Gasteiger charge is -2.13. The van der Waals surface area contributed by atoms with Crippen LogP contribution in [0.4, 0.5) is 40.8 Å². The molecule has 0 radical (unpaired) electrons. The predicted molar refractivity (Wildman–Crippen MR) is 105 cm³/mol. The van der Waals surface area contributed by atoms with Crippen LogP contribution in [0.1, 0.15) is 16.7 Å². The van der Waals surface area contributed by atoms with Gasteiger partial charge < -0.3 is 4.74 Å². The summed E-state index contributed by atoms with van der Waals surface area (Å²) in [4.78, 5) is 0. The minimum atomic E-state index is -5.64. The molecule has 0 saturated carbocycles. The van der Waals surface area contributed by atoms with Gasteiger partial charge in [0.05, 0.1) is 11.2 Å². The van der Waals surface area contributed by atoms with Crippen molar-refractivity contribution in [3.05, 3.63) is 93.3 Å². The molecule has 0 aliphatic carbocycles. The maximum Gasteiger partial charge on any atom is 0.422 e. The number of halogens is 9. The molecule has 0 heterocycles.